The summed E-state index contributed by atoms with van der Waals surface area (Å²) in [5.74, 6) is 1.95. The number of hydrogen-bond donors (Lipinski definition) is 0. The Morgan fingerprint density at radius 2 is 1.64 bits per heavy atom. The Labute approximate surface area is 131 Å². The molecule has 0 fully saturated rings. The van der Waals surface area contributed by atoms with Crippen molar-refractivity contribution in [3.8, 4) is 5.75 Å². The van der Waals surface area contributed by atoms with Gasteiger partial charge in [0.25, 0.3) is 0 Å². The molecule has 0 amide bonds. The molecule has 2 aromatic carbocycles. The number of benzene rings is 2. The first-order valence-corrected chi connectivity index (χ1v) is 7.68. The molecular weight excluding hydrogens is 272 g/mol. The average molecular weight is 294 g/mol. The number of rotatable bonds is 4. The lowest BCUT2D eigenvalue weighted by Crippen LogP contribution is -2.09. The van der Waals surface area contributed by atoms with Crippen molar-refractivity contribution in [3.63, 3.8) is 0 Å². The fourth-order valence-corrected chi connectivity index (χ4v) is 2.67. The van der Waals surface area contributed by atoms with Crippen LogP contribution >= 0.6 is 0 Å². The van der Waals surface area contributed by atoms with Gasteiger partial charge in [0.2, 0.25) is 0 Å². The van der Waals surface area contributed by atoms with Gasteiger partial charge in [-0.05, 0) is 63.1 Å². The molecule has 0 aliphatic heterocycles. The molecule has 0 aliphatic carbocycles. The number of nitrogens with zero attached hydrogens (tertiary/aromatic N) is 2. The topological polar surface area (TPSA) is 27.1 Å². The van der Waals surface area contributed by atoms with Gasteiger partial charge < -0.3 is 9.30 Å². The van der Waals surface area contributed by atoms with E-state index in [1.165, 1.54) is 22.2 Å². The Hall–Kier alpha value is -2.29. The Bertz CT molecular complexity index is 800. The predicted molar refractivity (Wildman–Crippen MR) is 90.6 cm³/mol. The van der Waals surface area contributed by atoms with Gasteiger partial charge in [0.15, 0.2) is 0 Å². The molecule has 114 valence electrons. The molecule has 0 saturated carbocycles. The van der Waals surface area contributed by atoms with Gasteiger partial charge in [-0.25, -0.2) is 4.98 Å². The van der Waals surface area contributed by atoms with E-state index in [0.717, 1.165) is 23.6 Å². The van der Waals surface area contributed by atoms with Crippen LogP contribution in [0.4, 0.5) is 0 Å². The lowest BCUT2D eigenvalue weighted by Gasteiger charge is -2.10. The summed E-state index contributed by atoms with van der Waals surface area (Å²) < 4.78 is 8.08. The number of aryl methyl sites for hydroxylation is 4. The van der Waals surface area contributed by atoms with Crippen molar-refractivity contribution in [2.24, 2.45) is 0 Å². The zero-order valence-corrected chi connectivity index (χ0v) is 13.7. The fourth-order valence-electron chi connectivity index (χ4n) is 2.67. The van der Waals surface area contributed by atoms with Crippen LogP contribution in [0, 0.1) is 27.7 Å². The lowest BCUT2D eigenvalue weighted by atomic mass is 10.1. The maximum absolute atomic E-state index is 5.84. The van der Waals surface area contributed by atoms with Gasteiger partial charge in [0, 0.05) is 0 Å². The number of imidazole rings is 1. The first kappa shape index (κ1) is 14.6. The second-order valence-electron chi connectivity index (χ2n) is 5.90. The summed E-state index contributed by atoms with van der Waals surface area (Å²) in [6.45, 7) is 9.85. The van der Waals surface area contributed by atoms with E-state index in [2.05, 4.69) is 61.5 Å². The molecular formula is C19H22N2O. The van der Waals surface area contributed by atoms with Gasteiger partial charge in [-0.15, -0.1) is 0 Å². The first-order valence-electron chi connectivity index (χ1n) is 7.68. The third kappa shape index (κ3) is 2.84. The van der Waals surface area contributed by atoms with Gasteiger partial charge in [0.05, 0.1) is 17.6 Å². The molecule has 3 nitrogen and oxygen atoms in total. The molecule has 0 spiro atoms. The highest BCUT2D eigenvalue weighted by Gasteiger charge is 2.09. The quantitative estimate of drug-likeness (QED) is 0.715. The number of fused-ring (bicyclic) bond motifs is 1. The summed E-state index contributed by atoms with van der Waals surface area (Å²) in [5, 5.41) is 0. The van der Waals surface area contributed by atoms with Gasteiger partial charge in [0.1, 0.15) is 18.2 Å². The fraction of sp³-hybridized carbons (Fsp3) is 0.316. The Kier molecular flexibility index (Phi) is 3.88. The van der Waals surface area contributed by atoms with Crippen molar-refractivity contribution in [1.29, 1.82) is 0 Å². The second kappa shape index (κ2) is 5.84. The standard InChI is InChI=1S/C19H22N2O/c1-13-5-7-17(8-6-13)22-10-9-21-16(4)20-18-11-14(2)15(3)12-19(18)21/h5-8,11-12H,9-10H2,1-4H3. The highest BCUT2D eigenvalue weighted by atomic mass is 16.5. The van der Waals surface area contributed by atoms with E-state index in [0.29, 0.717) is 6.61 Å². The summed E-state index contributed by atoms with van der Waals surface area (Å²) in [6, 6.07) is 12.5. The van der Waals surface area contributed by atoms with E-state index in [-0.39, 0.29) is 0 Å². The molecule has 1 heterocycles. The van der Waals surface area contributed by atoms with Gasteiger partial charge in [-0.2, -0.15) is 0 Å². The number of ether oxygens (including phenoxy) is 1. The maximum Gasteiger partial charge on any atom is 0.119 e. The van der Waals surface area contributed by atoms with E-state index in [9.17, 15) is 0 Å². The minimum atomic E-state index is 0.641. The molecule has 0 unspecified atom stereocenters. The predicted octanol–water partition coefficient (Wildman–Crippen LogP) is 4.35. The monoisotopic (exact) mass is 294 g/mol. The van der Waals surface area contributed by atoms with Crippen molar-refractivity contribution in [1.82, 2.24) is 9.55 Å². The second-order valence-corrected chi connectivity index (χ2v) is 5.90. The molecule has 0 atom stereocenters. The van der Waals surface area contributed by atoms with Crippen LogP contribution in [-0.2, 0) is 6.54 Å². The first-order chi connectivity index (χ1) is 10.5. The van der Waals surface area contributed by atoms with E-state index < -0.39 is 0 Å². The molecule has 1 aromatic heterocycles. The normalized spacial score (nSPS) is 11.1. The summed E-state index contributed by atoms with van der Waals surface area (Å²) in [7, 11) is 0. The van der Waals surface area contributed by atoms with Gasteiger partial charge in [-0.1, -0.05) is 17.7 Å². The van der Waals surface area contributed by atoms with Crippen LogP contribution in [0.15, 0.2) is 36.4 Å². The maximum atomic E-state index is 5.84. The molecule has 0 aliphatic rings. The summed E-state index contributed by atoms with van der Waals surface area (Å²) in [6.07, 6.45) is 0. The molecule has 3 aromatic rings. The summed E-state index contributed by atoms with van der Waals surface area (Å²) in [4.78, 5) is 4.66. The van der Waals surface area contributed by atoms with Crippen LogP contribution in [0.5, 0.6) is 5.75 Å². The highest BCUT2D eigenvalue weighted by Crippen LogP contribution is 2.20. The minimum absolute atomic E-state index is 0.641. The SMILES string of the molecule is Cc1ccc(OCCn2c(C)nc3cc(C)c(C)cc32)cc1. The van der Waals surface area contributed by atoms with Crippen molar-refractivity contribution in [2.75, 3.05) is 6.61 Å². The van der Waals surface area contributed by atoms with Crippen molar-refractivity contribution in [2.45, 2.75) is 34.2 Å². The Balaban J connectivity index is 1.77. The van der Waals surface area contributed by atoms with Crippen LogP contribution in [0.25, 0.3) is 11.0 Å². The summed E-state index contributed by atoms with van der Waals surface area (Å²) in [5.41, 5.74) is 6.08. The molecule has 3 heteroatoms. The minimum Gasteiger partial charge on any atom is -0.492 e. The van der Waals surface area contributed by atoms with Crippen molar-refractivity contribution < 1.29 is 4.74 Å². The van der Waals surface area contributed by atoms with Crippen LogP contribution in [0.1, 0.15) is 22.5 Å². The zero-order valence-electron chi connectivity index (χ0n) is 13.7. The van der Waals surface area contributed by atoms with Crippen LogP contribution in [0.2, 0.25) is 0 Å². The van der Waals surface area contributed by atoms with Crippen LogP contribution in [0.3, 0.4) is 0 Å². The average Bonchev–Trinajstić information content (AvgIpc) is 2.77. The van der Waals surface area contributed by atoms with Gasteiger partial charge in [-0.3, -0.25) is 0 Å². The summed E-state index contributed by atoms with van der Waals surface area (Å²) >= 11 is 0. The third-order valence-corrected chi connectivity index (χ3v) is 4.16. The van der Waals surface area contributed by atoms with Crippen LogP contribution < -0.4 is 4.74 Å². The molecule has 0 bridgehead atoms. The molecule has 3 rings (SSSR count). The third-order valence-electron chi connectivity index (χ3n) is 4.16. The van der Waals surface area contributed by atoms with Crippen molar-refractivity contribution >= 4 is 11.0 Å². The van der Waals surface area contributed by atoms with Crippen LogP contribution in [-0.4, -0.2) is 16.2 Å². The Morgan fingerprint density at radius 3 is 2.36 bits per heavy atom. The molecule has 22 heavy (non-hydrogen) atoms. The van der Waals surface area contributed by atoms with E-state index in [1.54, 1.807) is 0 Å². The largest absolute Gasteiger partial charge is 0.492 e. The zero-order chi connectivity index (χ0) is 15.7. The van der Waals surface area contributed by atoms with E-state index in [1.807, 2.05) is 12.1 Å². The van der Waals surface area contributed by atoms with E-state index >= 15 is 0 Å². The lowest BCUT2D eigenvalue weighted by molar-refractivity contribution is 0.299. The van der Waals surface area contributed by atoms with E-state index in [4.69, 9.17) is 4.74 Å². The number of hydrogen-bond acceptors (Lipinski definition) is 2. The number of aromatic nitrogens is 2. The smallest absolute Gasteiger partial charge is 0.119 e. The highest BCUT2D eigenvalue weighted by molar-refractivity contribution is 5.78. The molecule has 0 saturated heterocycles. The van der Waals surface area contributed by atoms with Gasteiger partial charge >= 0.3 is 0 Å². The molecule has 0 N–H and O–H groups in total. The molecule has 0 radical (unpaired) electrons. The van der Waals surface area contributed by atoms with Crippen molar-refractivity contribution in [3.05, 3.63) is 58.9 Å². The Morgan fingerprint density at radius 1 is 0.955 bits per heavy atom.